The van der Waals surface area contributed by atoms with Gasteiger partial charge in [-0.2, -0.15) is 0 Å². The highest BCUT2D eigenvalue weighted by Gasteiger charge is 2.40. The first-order valence-corrected chi connectivity index (χ1v) is 7.26. The molecular formula is C17H22O4. The fourth-order valence-electron chi connectivity index (χ4n) is 3.20. The number of ether oxygens (including phenoxy) is 1. The summed E-state index contributed by atoms with van der Waals surface area (Å²) in [7, 11) is 0. The second-order valence-corrected chi connectivity index (χ2v) is 6.00. The smallest absolute Gasteiger partial charge is 0.303 e. The van der Waals surface area contributed by atoms with Crippen molar-refractivity contribution in [1.82, 2.24) is 0 Å². The molecule has 114 valence electrons. The number of rotatable bonds is 3. The van der Waals surface area contributed by atoms with E-state index in [0.717, 1.165) is 22.3 Å². The summed E-state index contributed by atoms with van der Waals surface area (Å²) in [6.07, 6.45) is -0.438. The van der Waals surface area contributed by atoms with Crippen molar-refractivity contribution in [2.75, 3.05) is 0 Å². The van der Waals surface area contributed by atoms with Gasteiger partial charge in [0.05, 0.1) is 12.0 Å². The quantitative estimate of drug-likeness (QED) is 0.869. The molecule has 4 heteroatoms. The largest absolute Gasteiger partial charge is 0.457 e. The van der Waals surface area contributed by atoms with Gasteiger partial charge in [0.1, 0.15) is 6.10 Å². The van der Waals surface area contributed by atoms with Crippen LogP contribution in [0.4, 0.5) is 0 Å². The van der Waals surface area contributed by atoms with Crippen LogP contribution in [0.25, 0.3) is 0 Å². The van der Waals surface area contributed by atoms with Crippen molar-refractivity contribution < 1.29 is 19.4 Å². The Balaban J connectivity index is 2.57. The number of fused-ring (bicyclic) bond motifs is 1. The van der Waals surface area contributed by atoms with Gasteiger partial charge in [-0.1, -0.05) is 13.0 Å². The number of carbonyl (C=O) groups excluding carboxylic acids is 2. The predicted molar refractivity (Wildman–Crippen MR) is 79.3 cm³/mol. The summed E-state index contributed by atoms with van der Waals surface area (Å²) in [5, 5.41) is 9.64. The highest BCUT2D eigenvalue weighted by molar-refractivity contribution is 6.04. The number of ketones is 1. The summed E-state index contributed by atoms with van der Waals surface area (Å²) in [5.41, 5.74) is 4.39. The van der Waals surface area contributed by atoms with Crippen molar-refractivity contribution in [3.05, 3.63) is 33.9 Å². The SMILES string of the molecule is CC(=O)OC1c2cc(C)c(CC(C)O)c(C)c2C(=O)C1C. The minimum atomic E-state index is -0.497. The molecule has 1 N–H and O–H groups in total. The van der Waals surface area contributed by atoms with E-state index in [-0.39, 0.29) is 17.7 Å². The van der Waals surface area contributed by atoms with Crippen molar-refractivity contribution >= 4 is 11.8 Å². The number of benzene rings is 1. The normalized spacial score (nSPS) is 22.1. The van der Waals surface area contributed by atoms with Gasteiger partial charge in [0, 0.05) is 18.1 Å². The van der Waals surface area contributed by atoms with Crippen LogP contribution in [0.2, 0.25) is 0 Å². The summed E-state index contributed by atoms with van der Waals surface area (Å²) >= 11 is 0. The van der Waals surface area contributed by atoms with Crippen LogP contribution in [0.5, 0.6) is 0 Å². The summed E-state index contributed by atoms with van der Waals surface area (Å²) in [5.74, 6) is -0.722. The Kier molecular flexibility index (Phi) is 4.19. The molecule has 0 aliphatic heterocycles. The molecule has 0 bridgehead atoms. The van der Waals surface area contributed by atoms with Crippen LogP contribution in [-0.2, 0) is 16.0 Å². The highest BCUT2D eigenvalue weighted by Crippen LogP contribution is 2.42. The number of aliphatic hydroxyl groups is 1. The van der Waals surface area contributed by atoms with Crippen LogP contribution in [0, 0.1) is 19.8 Å². The van der Waals surface area contributed by atoms with Gasteiger partial charge in [-0.25, -0.2) is 0 Å². The maximum Gasteiger partial charge on any atom is 0.303 e. The van der Waals surface area contributed by atoms with Crippen molar-refractivity contribution in [2.45, 2.75) is 53.2 Å². The number of hydrogen-bond acceptors (Lipinski definition) is 4. The van der Waals surface area contributed by atoms with Crippen molar-refractivity contribution in [1.29, 1.82) is 0 Å². The van der Waals surface area contributed by atoms with Gasteiger partial charge in [0.2, 0.25) is 0 Å². The van der Waals surface area contributed by atoms with Crippen molar-refractivity contribution in [3.63, 3.8) is 0 Å². The third kappa shape index (κ3) is 2.72. The molecule has 3 unspecified atom stereocenters. The summed E-state index contributed by atoms with van der Waals surface area (Å²) in [6, 6.07) is 1.93. The van der Waals surface area contributed by atoms with E-state index in [9.17, 15) is 14.7 Å². The van der Waals surface area contributed by atoms with E-state index in [0.29, 0.717) is 12.0 Å². The Hall–Kier alpha value is -1.68. The number of aliphatic hydroxyl groups excluding tert-OH is 1. The average molecular weight is 290 g/mol. The third-order valence-corrected chi connectivity index (χ3v) is 4.18. The van der Waals surface area contributed by atoms with E-state index in [2.05, 4.69) is 0 Å². The van der Waals surface area contributed by atoms with Crippen LogP contribution < -0.4 is 0 Å². The van der Waals surface area contributed by atoms with Crippen LogP contribution in [0.15, 0.2) is 6.07 Å². The molecule has 1 aromatic rings. The third-order valence-electron chi connectivity index (χ3n) is 4.18. The Labute approximate surface area is 125 Å². The second kappa shape index (κ2) is 5.60. The van der Waals surface area contributed by atoms with Crippen molar-refractivity contribution in [2.24, 2.45) is 5.92 Å². The number of Topliss-reactive ketones (excluding diaryl/α,β-unsaturated/α-hetero) is 1. The molecule has 0 amide bonds. The maximum absolute atomic E-state index is 12.5. The maximum atomic E-state index is 12.5. The Morgan fingerprint density at radius 1 is 1.43 bits per heavy atom. The number of esters is 1. The van der Waals surface area contributed by atoms with Crippen LogP contribution in [0.1, 0.15) is 59.5 Å². The molecule has 0 saturated heterocycles. The Bertz CT molecular complexity index is 601. The van der Waals surface area contributed by atoms with E-state index < -0.39 is 12.2 Å². The van der Waals surface area contributed by atoms with Gasteiger partial charge >= 0.3 is 5.97 Å². The molecule has 3 atom stereocenters. The zero-order chi connectivity index (χ0) is 15.9. The molecule has 1 aliphatic rings. The van der Waals surface area contributed by atoms with Crippen LogP contribution in [-0.4, -0.2) is 23.0 Å². The number of carbonyl (C=O) groups is 2. The molecule has 0 fully saturated rings. The fourth-order valence-corrected chi connectivity index (χ4v) is 3.20. The topological polar surface area (TPSA) is 63.6 Å². The van der Waals surface area contributed by atoms with E-state index in [1.165, 1.54) is 6.92 Å². The lowest BCUT2D eigenvalue weighted by Gasteiger charge is -2.18. The Morgan fingerprint density at radius 2 is 2.05 bits per heavy atom. The molecule has 0 saturated carbocycles. The second-order valence-electron chi connectivity index (χ2n) is 6.00. The fraction of sp³-hybridized carbons (Fsp3) is 0.529. The number of hydrogen-bond donors (Lipinski definition) is 1. The molecule has 4 nitrogen and oxygen atoms in total. The first kappa shape index (κ1) is 15.7. The lowest BCUT2D eigenvalue weighted by atomic mass is 9.91. The van der Waals surface area contributed by atoms with Gasteiger partial charge in [0.15, 0.2) is 5.78 Å². The highest BCUT2D eigenvalue weighted by atomic mass is 16.5. The van der Waals surface area contributed by atoms with Gasteiger partial charge < -0.3 is 9.84 Å². The molecule has 2 rings (SSSR count). The summed E-state index contributed by atoms with van der Waals surface area (Å²) in [6.45, 7) is 8.75. The van der Waals surface area contributed by atoms with Gasteiger partial charge in [0.25, 0.3) is 0 Å². The van der Waals surface area contributed by atoms with Crippen LogP contribution in [0.3, 0.4) is 0 Å². The van der Waals surface area contributed by atoms with E-state index in [1.54, 1.807) is 13.8 Å². The molecule has 21 heavy (non-hydrogen) atoms. The van der Waals surface area contributed by atoms with E-state index >= 15 is 0 Å². The monoisotopic (exact) mass is 290 g/mol. The average Bonchev–Trinajstić information content (AvgIpc) is 2.59. The first-order chi connectivity index (χ1) is 9.73. The minimum Gasteiger partial charge on any atom is -0.457 e. The molecule has 0 radical (unpaired) electrons. The van der Waals surface area contributed by atoms with E-state index in [4.69, 9.17) is 4.74 Å². The summed E-state index contributed by atoms with van der Waals surface area (Å²) in [4.78, 5) is 23.8. The zero-order valence-electron chi connectivity index (χ0n) is 13.2. The van der Waals surface area contributed by atoms with Gasteiger partial charge in [-0.05, 0) is 43.9 Å². The Morgan fingerprint density at radius 3 is 2.57 bits per heavy atom. The van der Waals surface area contributed by atoms with Crippen LogP contribution >= 0.6 is 0 Å². The molecule has 0 heterocycles. The molecule has 1 aromatic carbocycles. The number of aryl methyl sites for hydroxylation is 1. The molecule has 0 aromatic heterocycles. The molecule has 1 aliphatic carbocycles. The minimum absolute atomic E-state index is 0.0144. The molecular weight excluding hydrogens is 268 g/mol. The van der Waals surface area contributed by atoms with E-state index in [1.807, 2.05) is 19.9 Å². The van der Waals surface area contributed by atoms with Crippen molar-refractivity contribution in [3.8, 4) is 0 Å². The predicted octanol–water partition coefficient (Wildman–Crippen LogP) is 2.66. The lowest BCUT2D eigenvalue weighted by molar-refractivity contribution is -0.147. The molecule has 0 spiro atoms. The summed E-state index contributed by atoms with van der Waals surface area (Å²) < 4.78 is 5.34. The van der Waals surface area contributed by atoms with Gasteiger partial charge in [-0.15, -0.1) is 0 Å². The first-order valence-electron chi connectivity index (χ1n) is 7.26. The zero-order valence-corrected chi connectivity index (χ0v) is 13.2. The lowest BCUT2D eigenvalue weighted by Crippen LogP contribution is -2.14. The van der Waals surface area contributed by atoms with Gasteiger partial charge in [-0.3, -0.25) is 9.59 Å². The standard InChI is InChI=1S/C17H22O4/c1-8-6-14-15(10(3)13(8)7-9(2)18)16(20)11(4)17(14)21-12(5)19/h6,9,11,17-18H,7H2,1-5H3.